The van der Waals surface area contributed by atoms with Crippen LogP contribution in [0.4, 0.5) is 0 Å². The average molecular weight is 278 g/mol. The maximum absolute atomic E-state index is 10.8. The molecule has 0 atom stereocenters. The molecular formula is C10H16ClN3O2S. The van der Waals surface area contributed by atoms with Gasteiger partial charge in [0, 0.05) is 25.5 Å². The lowest BCUT2D eigenvalue weighted by molar-refractivity contribution is 0.579. The van der Waals surface area contributed by atoms with Crippen LogP contribution in [0.25, 0.3) is 0 Å². The smallest absolute Gasteiger partial charge is 0.208 e. The molecule has 0 aliphatic heterocycles. The lowest BCUT2D eigenvalue weighted by atomic mass is 10.2. The molecule has 7 heteroatoms. The van der Waals surface area contributed by atoms with Crippen LogP contribution in [0, 0.1) is 0 Å². The van der Waals surface area contributed by atoms with Crippen LogP contribution >= 0.6 is 11.6 Å². The van der Waals surface area contributed by atoms with Gasteiger partial charge in [0.15, 0.2) is 0 Å². The van der Waals surface area contributed by atoms with Gasteiger partial charge >= 0.3 is 0 Å². The minimum absolute atomic E-state index is 0.440. The summed E-state index contributed by atoms with van der Waals surface area (Å²) in [6, 6.07) is 1.85. The van der Waals surface area contributed by atoms with Crippen LogP contribution in [0.2, 0.25) is 5.02 Å². The number of hydrogen-bond donors (Lipinski definition) is 2. The quantitative estimate of drug-likeness (QED) is 0.722. The zero-order valence-corrected chi connectivity index (χ0v) is 11.2. The third-order valence-electron chi connectivity index (χ3n) is 2.07. The number of aromatic nitrogens is 1. The first-order valence-electron chi connectivity index (χ1n) is 5.23. The number of nitrogens with one attached hydrogen (secondary N) is 2. The van der Waals surface area contributed by atoms with E-state index in [1.165, 1.54) is 0 Å². The van der Waals surface area contributed by atoms with Crippen LogP contribution in [0.5, 0.6) is 0 Å². The van der Waals surface area contributed by atoms with E-state index in [2.05, 4.69) is 15.0 Å². The lowest BCUT2D eigenvalue weighted by Gasteiger charge is -2.06. The van der Waals surface area contributed by atoms with Gasteiger partial charge in [-0.3, -0.25) is 4.98 Å². The van der Waals surface area contributed by atoms with Gasteiger partial charge in [-0.15, -0.1) is 0 Å². The molecule has 17 heavy (non-hydrogen) atoms. The molecule has 2 N–H and O–H groups in total. The molecule has 0 saturated carbocycles. The summed E-state index contributed by atoms with van der Waals surface area (Å²) in [7, 11) is -3.08. The summed E-state index contributed by atoms with van der Waals surface area (Å²) in [5, 5.41) is 3.82. The van der Waals surface area contributed by atoms with Crippen molar-refractivity contribution in [3.8, 4) is 0 Å². The normalized spacial score (nSPS) is 11.6. The summed E-state index contributed by atoms with van der Waals surface area (Å²) in [5.74, 6) is 0. The van der Waals surface area contributed by atoms with Crippen molar-refractivity contribution in [3.05, 3.63) is 29.0 Å². The maximum Gasteiger partial charge on any atom is 0.208 e. The highest BCUT2D eigenvalue weighted by Crippen LogP contribution is 2.12. The van der Waals surface area contributed by atoms with Crippen LogP contribution in [-0.2, 0) is 16.6 Å². The van der Waals surface area contributed by atoms with E-state index in [1.54, 1.807) is 12.4 Å². The third kappa shape index (κ3) is 6.58. The van der Waals surface area contributed by atoms with Crippen LogP contribution < -0.4 is 10.0 Å². The van der Waals surface area contributed by atoms with Crippen molar-refractivity contribution in [1.82, 2.24) is 15.0 Å². The topological polar surface area (TPSA) is 71.1 Å². The molecule has 1 aromatic heterocycles. The van der Waals surface area contributed by atoms with Gasteiger partial charge < -0.3 is 5.32 Å². The first-order valence-corrected chi connectivity index (χ1v) is 7.50. The Labute approximate surface area is 107 Å². The predicted molar refractivity (Wildman–Crippen MR) is 68.4 cm³/mol. The van der Waals surface area contributed by atoms with Crippen molar-refractivity contribution in [2.45, 2.75) is 13.0 Å². The molecule has 0 aromatic carbocycles. The summed E-state index contributed by atoms with van der Waals surface area (Å²) < 4.78 is 24.0. The molecule has 0 amide bonds. The van der Waals surface area contributed by atoms with Crippen LogP contribution in [0.3, 0.4) is 0 Å². The summed E-state index contributed by atoms with van der Waals surface area (Å²) in [6.07, 6.45) is 5.17. The number of pyridine rings is 1. The molecule has 0 unspecified atom stereocenters. The van der Waals surface area contributed by atoms with E-state index >= 15 is 0 Å². The number of sulfonamides is 1. The van der Waals surface area contributed by atoms with Gasteiger partial charge in [0.1, 0.15) is 0 Å². The number of hydrogen-bond acceptors (Lipinski definition) is 4. The van der Waals surface area contributed by atoms with Crippen molar-refractivity contribution < 1.29 is 8.42 Å². The Morgan fingerprint density at radius 1 is 1.41 bits per heavy atom. The second kappa shape index (κ2) is 6.90. The van der Waals surface area contributed by atoms with E-state index < -0.39 is 10.0 Å². The van der Waals surface area contributed by atoms with E-state index in [0.29, 0.717) is 18.1 Å². The molecule has 96 valence electrons. The zero-order chi connectivity index (χ0) is 12.7. The molecule has 0 fully saturated rings. The van der Waals surface area contributed by atoms with E-state index in [9.17, 15) is 8.42 Å². The fraction of sp³-hybridized carbons (Fsp3) is 0.500. The summed E-state index contributed by atoms with van der Waals surface area (Å²) >= 11 is 5.93. The predicted octanol–water partition coefficient (Wildman–Crippen LogP) is 0.764. The van der Waals surface area contributed by atoms with E-state index in [4.69, 9.17) is 11.6 Å². The van der Waals surface area contributed by atoms with Gasteiger partial charge in [-0.1, -0.05) is 11.6 Å². The van der Waals surface area contributed by atoms with E-state index in [1.807, 2.05) is 6.07 Å². The van der Waals surface area contributed by atoms with Crippen LogP contribution in [0.15, 0.2) is 18.5 Å². The highest BCUT2D eigenvalue weighted by atomic mass is 35.5. The zero-order valence-electron chi connectivity index (χ0n) is 9.61. The minimum Gasteiger partial charge on any atom is -0.313 e. The van der Waals surface area contributed by atoms with Crippen molar-refractivity contribution in [2.75, 3.05) is 19.3 Å². The first-order chi connectivity index (χ1) is 7.99. The Hall–Kier alpha value is -0.690. The van der Waals surface area contributed by atoms with Crippen LogP contribution in [-0.4, -0.2) is 32.7 Å². The van der Waals surface area contributed by atoms with Crippen LogP contribution in [0.1, 0.15) is 12.0 Å². The molecule has 1 heterocycles. The molecule has 1 aromatic rings. The fourth-order valence-electron chi connectivity index (χ4n) is 1.24. The average Bonchev–Trinajstić information content (AvgIpc) is 2.24. The van der Waals surface area contributed by atoms with Gasteiger partial charge in [0.25, 0.3) is 0 Å². The van der Waals surface area contributed by atoms with E-state index in [0.717, 1.165) is 24.8 Å². The second-order valence-electron chi connectivity index (χ2n) is 3.66. The van der Waals surface area contributed by atoms with E-state index in [-0.39, 0.29) is 0 Å². The summed E-state index contributed by atoms with van der Waals surface area (Å²) in [6.45, 7) is 1.82. The Morgan fingerprint density at radius 3 is 2.82 bits per heavy atom. The highest BCUT2D eigenvalue weighted by Gasteiger charge is 2.00. The van der Waals surface area contributed by atoms with Crippen molar-refractivity contribution in [1.29, 1.82) is 0 Å². The lowest BCUT2D eigenvalue weighted by Crippen LogP contribution is -2.26. The highest BCUT2D eigenvalue weighted by molar-refractivity contribution is 7.88. The molecule has 0 aliphatic rings. The first kappa shape index (κ1) is 14.4. The Kier molecular flexibility index (Phi) is 5.84. The number of halogens is 1. The van der Waals surface area contributed by atoms with Crippen molar-refractivity contribution in [3.63, 3.8) is 0 Å². The summed E-state index contributed by atoms with van der Waals surface area (Å²) in [4.78, 5) is 3.89. The number of rotatable bonds is 7. The standard InChI is InChI=1S/C10H16ClN3O2S/c1-17(15,16)14-5-2-4-12-7-9-3-6-13-8-10(9)11/h3,6,8,12,14H,2,4-5,7H2,1H3. The van der Waals surface area contributed by atoms with Gasteiger partial charge in [-0.05, 0) is 24.6 Å². The van der Waals surface area contributed by atoms with Crippen molar-refractivity contribution in [2.24, 2.45) is 0 Å². The molecule has 0 saturated heterocycles. The molecule has 0 spiro atoms. The molecule has 1 rings (SSSR count). The molecular weight excluding hydrogens is 262 g/mol. The maximum atomic E-state index is 10.8. The monoisotopic (exact) mass is 277 g/mol. The van der Waals surface area contributed by atoms with Gasteiger partial charge in [0.2, 0.25) is 10.0 Å². The molecule has 5 nitrogen and oxygen atoms in total. The van der Waals surface area contributed by atoms with Gasteiger partial charge in [0.05, 0.1) is 11.3 Å². The molecule has 0 aliphatic carbocycles. The summed E-state index contributed by atoms with van der Waals surface area (Å²) in [5.41, 5.74) is 0.984. The van der Waals surface area contributed by atoms with Crippen molar-refractivity contribution >= 4 is 21.6 Å². The Balaban J connectivity index is 2.15. The molecule has 0 radical (unpaired) electrons. The second-order valence-corrected chi connectivity index (χ2v) is 5.90. The minimum atomic E-state index is -3.08. The third-order valence-corrected chi connectivity index (χ3v) is 3.14. The fourth-order valence-corrected chi connectivity index (χ4v) is 1.94. The van der Waals surface area contributed by atoms with Gasteiger partial charge in [-0.2, -0.15) is 0 Å². The largest absolute Gasteiger partial charge is 0.313 e. The SMILES string of the molecule is CS(=O)(=O)NCCCNCc1ccncc1Cl. The number of nitrogens with zero attached hydrogens (tertiary/aromatic N) is 1. The Bertz CT molecular complexity index is 451. The van der Waals surface area contributed by atoms with Gasteiger partial charge in [-0.25, -0.2) is 13.1 Å². The Morgan fingerprint density at radius 2 is 2.18 bits per heavy atom. The molecule has 0 bridgehead atoms.